The van der Waals surface area contributed by atoms with E-state index in [0.717, 1.165) is 21.4 Å². The fourth-order valence-corrected chi connectivity index (χ4v) is 2.64. The summed E-state index contributed by atoms with van der Waals surface area (Å²) < 4.78 is 5.09. The smallest absolute Gasteiger partial charge is 0.181 e. The van der Waals surface area contributed by atoms with Gasteiger partial charge in [0.05, 0.1) is 6.33 Å². The van der Waals surface area contributed by atoms with Crippen molar-refractivity contribution in [3.8, 4) is 0 Å². The average Bonchev–Trinajstić information content (AvgIpc) is 2.97. The minimum atomic E-state index is 0.353. The van der Waals surface area contributed by atoms with E-state index in [9.17, 15) is 0 Å². The van der Waals surface area contributed by atoms with Gasteiger partial charge in [0, 0.05) is 20.2 Å². The maximum atomic E-state index is 5.09. The minimum Gasteiger partial charge on any atom is -0.377 e. The first kappa shape index (κ1) is 13.7. The molecule has 0 saturated heterocycles. The van der Waals surface area contributed by atoms with Crippen molar-refractivity contribution in [1.29, 1.82) is 0 Å². The normalized spacial score (nSPS) is 11.0. The summed E-state index contributed by atoms with van der Waals surface area (Å²) in [7, 11) is 3.42. The molecule has 0 atom stereocenters. The van der Waals surface area contributed by atoms with Crippen molar-refractivity contribution >= 4 is 28.7 Å². The van der Waals surface area contributed by atoms with Gasteiger partial charge in [-0.05, 0) is 11.8 Å². The molecule has 0 aliphatic carbocycles. The van der Waals surface area contributed by atoms with Gasteiger partial charge < -0.3 is 15.0 Å². The molecular weight excluding hydrogens is 290 g/mol. The summed E-state index contributed by atoms with van der Waals surface area (Å²) in [6.07, 6.45) is 3.08. The van der Waals surface area contributed by atoms with Crippen LogP contribution >= 0.6 is 11.8 Å². The Kier molecular flexibility index (Phi) is 3.93. The molecule has 0 aromatic carbocycles. The largest absolute Gasteiger partial charge is 0.377 e. The molecule has 0 unspecified atom stereocenters. The minimum absolute atomic E-state index is 0.353. The number of methoxy groups -OCH3 is 1. The van der Waals surface area contributed by atoms with Crippen molar-refractivity contribution < 1.29 is 4.74 Å². The summed E-state index contributed by atoms with van der Waals surface area (Å²) in [5, 5.41) is 4.55. The molecule has 3 aromatic heterocycles. The molecule has 3 heterocycles. The first-order valence-corrected chi connectivity index (χ1v) is 6.98. The maximum absolute atomic E-state index is 5.09. The predicted molar refractivity (Wildman–Crippen MR) is 78.1 cm³/mol. The van der Waals surface area contributed by atoms with E-state index in [1.807, 2.05) is 13.1 Å². The third-order valence-electron chi connectivity index (χ3n) is 2.67. The Balaban J connectivity index is 1.97. The molecule has 3 aromatic rings. The van der Waals surface area contributed by atoms with E-state index in [4.69, 9.17) is 4.74 Å². The van der Waals surface area contributed by atoms with Crippen molar-refractivity contribution in [2.45, 2.75) is 16.7 Å². The van der Waals surface area contributed by atoms with Crippen LogP contribution in [0.1, 0.15) is 5.82 Å². The van der Waals surface area contributed by atoms with E-state index in [1.54, 1.807) is 13.4 Å². The van der Waals surface area contributed by atoms with Crippen molar-refractivity contribution in [1.82, 2.24) is 29.9 Å². The lowest BCUT2D eigenvalue weighted by atomic mass is 10.5. The summed E-state index contributed by atoms with van der Waals surface area (Å²) in [5.74, 6) is 1.34. The third kappa shape index (κ3) is 2.93. The first-order chi connectivity index (χ1) is 10.3. The fraction of sp³-hybridized carbons (Fsp3) is 0.250. The van der Waals surface area contributed by atoms with E-state index in [1.165, 1.54) is 18.1 Å². The van der Waals surface area contributed by atoms with Gasteiger partial charge in [-0.15, -0.1) is 0 Å². The molecule has 0 amide bonds. The van der Waals surface area contributed by atoms with Crippen LogP contribution in [0.25, 0.3) is 11.2 Å². The molecule has 8 nitrogen and oxygen atoms in total. The zero-order chi connectivity index (χ0) is 14.7. The molecule has 0 aliphatic rings. The van der Waals surface area contributed by atoms with Gasteiger partial charge in [0.15, 0.2) is 11.5 Å². The predicted octanol–water partition coefficient (Wildman–Crippen LogP) is 1.48. The SMILES string of the molecule is CNc1cc(Sc2ncnc3nc[nH]c23)nc(COC)n1. The highest BCUT2D eigenvalue weighted by Crippen LogP contribution is 2.29. The van der Waals surface area contributed by atoms with Crippen molar-refractivity contribution in [3.63, 3.8) is 0 Å². The molecule has 0 bridgehead atoms. The Morgan fingerprint density at radius 3 is 3.00 bits per heavy atom. The van der Waals surface area contributed by atoms with Gasteiger partial charge in [0.2, 0.25) is 0 Å². The van der Waals surface area contributed by atoms with Crippen molar-refractivity contribution in [2.75, 3.05) is 19.5 Å². The monoisotopic (exact) mass is 303 g/mol. The van der Waals surface area contributed by atoms with Gasteiger partial charge >= 0.3 is 0 Å². The number of rotatable bonds is 5. The van der Waals surface area contributed by atoms with Crippen LogP contribution in [0.5, 0.6) is 0 Å². The molecule has 0 saturated carbocycles. The number of hydrogen-bond donors (Lipinski definition) is 2. The molecule has 21 heavy (non-hydrogen) atoms. The molecule has 108 valence electrons. The summed E-state index contributed by atoms with van der Waals surface area (Å²) in [5.41, 5.74) is 1.42. The number of aromatic amines is 1. The number of imidazole rings is 1. The number of nitrogens with zero attached hydrogens (tertiary/aromatic N) is 5. The highest BCUT2D eigenvalue weighted by molar-refractivity contribution is 7.99. The third-order valence-corrected chi connectivity index (χ3v) is 3.59. The number of nitrogens with one attached hydrogen (secondary N) is 2. The number of H-pyrrole nitrogens is 1. The van der Waals surface area contributed by atoms with Crippen LogP contribution in [0.3, 0.4) is 0 Å². The van der Waals surface area contributed by atoms with Crippen molar-refractivity contribution in [2.24, 2.45) is 0 Å². The molecule has 2 N–H and O–H groups in total. The van der Waals surface area contributed by atoms with Gasteiger partial charge in [-0.1, -0.05) is 0 Å². The lowest BCUT2D eigenvalue weighted by molar-refractivity contribution is 0.177. The molecule has 0 radical (unpaired) electrons. The quantitative estimate of drug-likeness (QED) is 0.683. The zero-order valence-corrected chi connectivity index (χ0v) is 12.3. The average molecular weight is 303 g/mol. The highest BCUT2D eigenvalue weighted by atomic mass is 32.2. The van der Waals surface area contributed by atoms with Crippen LogP contribution in [0.4, 0.5) is 5.82 Å². The number of aromatic nitrogens is 6. The van der Waals surface area contributed by atoms with E-state index in [-0.39, 0.29) is 0 Å². The second-order valence-electron chi connectivity index (χ2n) is 4.07. The van der Waals surface area contributed by atoms with E-state index < -0.39 is 0 Å². The molecule has 0 fully saturated rings. The van der Waals surface area contributed by atoms with Crippen LogP contribution in [-0.2, 0) is 11.3 Å². The molecule has 3 rings (SSSR count). The zero-order valence-electron chi connectivity index (χ0n) is 11.5. The summed E-state index contributed by atoms with van der Waals surface area (Å²) in [6, 6.07) is 1.86. The molecule has 0 aliphatic heterocycles. The van der Waals surface area contributed by atoms with E-state index in [2.05, 4.69) is 35.2 Å². The highest BCUT2D eigenvalue weighted by Gasteiger charge is 2.11. The lowest BCUT2D eigenvalue weighted by Crippen LogP contribution is -2.02. The number of ether oxygens (including phenoxy) is 1. The lowest BCUT2D eigenvalue weighted by Gasteiger charge is -2.07. The van der Waals surface area contributed by atoms with Gasteiger partial charge in [-0.3, -0.25) is 0 Å². The molecule has 0 spiro atoms. The Morgan fingerprint density at radius 2 is 2.19 bits per heavy atom. The van der Waals surface area contributed by atoms with E-state index in [0.29, 0.717) is 18.1 Å². The molecular formula is C12H13N7OS. The maximum Gasteiger partial charge on any atom is 0.181 e. The fourth-order valence-electron chi connectivity index (χ4n) is 1.77. The van der Waals surface area contributed by atoms with Gasteiger partial charge in [-0.2, -0.15) is 0 Å². The first-order valence-electron chi connectivity index (χ1n) is 6.16. The van der Waals surface area contributed by atoms with Gasteiger partial charge in [0.1, 0.15) is 34.3 Å². The van der Waals surface area contributed by atoms with Gasteiger partial charge in [0.25, 0.3) is 0 Å². The van der Waals surface area contributed by atoms with Gasteiger partial charge in [-0.25, -0.2) is 24.9 Å². The summed E-state index contributed by atoms with van der Waals surface area (Å²) in [6.45, 7) is 0.353. The number of hydrogen-bond acceptors (Lipinski definition) is 8. The summed E-state index contributed by atoms with van der Waals surface area (Å²) in [4.78, 5) is 24.3. The summed E-state index contributed by atoms with van der Waals surface area (Å²) >= 11 is 1.42. The van der Waals surface area contributed by atoms with Crippen LogP contribution in [-0.4, -0.2) is 44.1 Å². The number of anilines is 1. The van der Waals surface area contributed by atoms with Crippen LogP contribution in [0, 0.1) is 0 Å². The van der Waals surface area contributed by atoms with E-state index >= 15 is 0 Å². The van der Waals surface area contributed by atoms with Crippen molar-refractivity contribution in [3.05, 3.63) is 24.5 Å². The Bertz CT molecular complexity index is 760. The Morgan fingerprint density at radius 1 is 1.29 bits per heavy atom. The second-order valence-corrected chi connectivity index (χ2v) is 5.08. The van der Waals surface area contributed by atoms with Crippen LogP contribution in [0.2, 0.25) is 0 Å². The topological polar surface area (TPSA) is 102 Å². The standard InChI is InChI=1S/C12H13N7OS/c1-13-7-3-9(19-8(18-7)4-20-2)21-12-10-11(15-5-14-10)16-6-17-12/h3,5-6H,4H2,1-2H3,(H,13,18,19)(H,14,15,16,17). The molecule has 9 heteroatoms. The number of fused-ring (bicyclic) bond motifs is 1. The van der Waals surface area contributed by atoms with Crippen LogP contribution < -0.4 is 5.32 Å². The van der Waals surface area contributed by atoms with Crippen LogP contribution in [0.15, 0.2) is 28.8 Å². The Labute approximate surface area is 124 Å². The Hall–Kier alpha value is -2.26. The second kappa shape index (κ2) is 6.02.